The Kier molecular flexibility index (Phi) is 4.94. The summed E-state index contributed by atoms with van der Waals surface area (Å²) in [4.78, 5) is 8.35. The molecule has 0 radical (unpaired) electrons. The minimum Gasteiger partial charge on any atom is -0.481 e. The number of ether oxygens (including phenoxy) is 3. The average molecular weight is 227 g/mol. The summed E-state index contributed by atoms with van der Waals surface area (Å²) in [5.74, 6) is 1.03. The SMILES string of the molecule is COc1cc(C)nc(NCC(OC)OC)n1. The quantitative estimate of drug-likeness (QED) is 0.726. The van der Waals surface area contributed by atoms with Crippen LogP contribution in [0.1, 0.15) is 5.69 Å². The maximum absolute atomic E-state index is 5.04. The molecule has 0 aromatic carbocycles. The predicted octanol–water partition coefficient (Wildman–Crippen LogP) is 0.824. The predicted molar refractivity (Wildman–Crippen MR) is 59.6 cm³/mol. The van der Waals surface area contributed by atoms with Crippen molar-refractivity contribution in [1.29, 1.82) is 0 Å². The fraction of sp³-hybridized carbons (Fsp3) is 0.600. The van der Waals surface area contributed by atoms with Crippen molar-refractivity contribution < 1.29 is 14.2 Å². The van der Waals surface area contributed by atoms with Crippen LogP contribution in [0.5, 0.6) is 5.88 Å². The van der Waals surface area contributed by atoms with Crippen molar-refractivity contribution in [1.82, 2.24) is 9.97 Å². The van der Waals surface area contributed by atoms with E-state index in [9.17, 15) is 0 Å². The number of aromatic nitrogens is 2. The molecule has 1 N–H and O–H groups in total. The molecule has 6 heteroatoms. The second-order valence-corrected chi connectivity index (χ2v) is 3.16. The first kappa shape index (κ1) is 12.7. The van der Waals surface area contributed by atoms with Crippen molar-refractivity contribution in [2.75, 3.05) is 33.2 Å². The van der Waals surface area contributed by atoms with Crippen molar-refractivity contribution in [2.24, 2.45) is 0 Å². The van der Waals surface area contributed by atoms with Gasteiger partial charge in [-0.3, -0.25) is 0 Å². The van der Waals surface area contributed by atoms with Crippen LogP contribution in [0.3, 0.4) is 0 Å². The molecule has 1 heterocycles. The van der Waals surface area contributed by atoms with Crippen LogP contribution in [0, 0.1) is 6.92 Å². The summed E-state index contributed by atoms with van der Waals surface area (Å²) in [6, 6.07) is 1.76. The van der Waals surface area contributed by atoms with Gasteiger partial charge in [-0.15, -0.1) is 0 Å². The molecule has 6 nitrogen and oxygen atoms in total. The lowest BCUT2D eigenvalue weighted by Crippen LogP contribution is -2.24. The van der Waals surface area contributed by atoms with Gasteiger partial charge in [0.2, 0.25) is 11.8 Å². The van der Waals surface area contributed by atoms with E-state index in [1.54, 1.807) is 27.4 Å². The highest BCUT2D eigenvalue weighted by molar-refractivity contribution is 5.30. The van der Waals surface area contributed by atoms with Crippen LogP contribution in [-0.2, 0) is 9.47 Å². The molecule has 1 aromatic rings. The van der Waals surface area contributed by atoms with Crippen LogP contribution >= 0.6 is 0 Å². The number of hydrogen-bond acceptors (Lipinski definition) is 6. The van der Waals surface area contributed by atoms with E-state index in [2.05, 4.69) is 15.3 Å². The Morgan fingerprint density at radius 3 is 2.50 bits per heavy atom. The van der Waals surface area contributed by atoms with Gasteiger partial charge in [0.25, 0.3) is 0 Å². The first-order valence-electron chi connectivity index (χ1n) is 4.88. The number of anilines is 1. The van der Waals surface area contributed by atoms with E-state index in [1.165, 1.54) is 0 Å². The van der Waals surface area contributed by atoms with Gasteiger partial charge in [0.1, 0.15) is 0 Å². The Morgan fingerprint density at radius 1 is 1.25 bits per heavy atom. The van der Waals surface area contributed by atoms with E-state index >= 15 is 0 Å². The molecular formula is C10H17N3O3. The summed E-state index contributed by atoms with van der Waals surface area (Å²) < 4.78 is 15.1. The molecule has 0 aliphatic carbocycles. The molecule has 90 valence electrons. The highest BCUT2D eigenvalue weighted by atomic mass is 16.7. The number of nitrogens with zero attached hydrogens (tertiary/aromatic N) is 2. The Morgan fingerprint density at radius 2 is 1.94 bits per heavy atom. The number of hydrogen-bond donors (Lipinski definition) is 1. The standard InChI is InChI=1S/C10H17N3O3/c1-7-5-8(14-2)13-10(12-7)11-6-9(15-3)16-4/h5,9H,6H2,1-4H3,(H,11,12,13). The summed E-state index contributed by atoms with van der Waals surface area (Å²) >= 11 is 0. The zero-order valence-corrected chi connectivity index (χ0v) is 9.98. The number of rotatable bonds is 6. The third-order valence-electron chi connectivity index (χ3n) is 1.99. The van der Waals surface area contributed by atoms with Gasteiger partial charge in [0, 0.05) is 26.0 Å². The number of methoxy groups -OCH3 is 3. The zero-order chi connectivity index (χ0) is 12.0. The Labute approximate surface area is 95.0 Å². The van der Waals surface area contributed by atoms with Crippen molar-refractivity contribution >= 4 is 5.95 Å². The molecule has 16 heavy (non-hydrogen) atoms. The van der Waals surface area contributed by atoms with Crippen molar-refractivity contribution in [2.45, 2.75) is 13.2 Å². The largest absolute Gasteiger partial charge is 0.481 e. The van der Waals surface area contributed by atoms with Crippen molar-refractivity contribution in [3.8, 4) is 5.88 Å². The molecule has 1 rings (SSSR count). The van der Waals surface area contributed by atoms with Gasteiger partial charge < -0.3 is 19.5 Å². The van der Waals surface area contributed by atoms with Crippen LogP contribution in [0.15, 0.2) is 6.07 Å². The third kappa shape index (κ3) is 3.63. The smallest absolute Gasteiger partial charge is 0.226 e. The molecule has 0 spiro atoms. The Bertz CT molecular complexity index is 329. The zero-order valence-electron chi connectivity index (χ0n) is 9.98. The molecule has 0 unspecified atom stereocenters. The van der Waals surface area contributed by atoms with Crippen LogP contribution in [0.2, 0.25) is 0 Å². The molecule has 0 bridgehead atoms. The topological polar surface area (TPSA) is 65.5 Å². The molecule has 1 aromatic heterocycles. The second kappa shape index (κ2) is 6.24. The summed E-state index contributed by atoms with van der Waals surface area (Å²) in [5.41, 5.74) is 0.834. The molecule has 0 aliphatic heterocycles. The van der Waals surface area contributed by atoms with Crippen molar-refractivity contribution in [3.05, 3.63) is 11.8 Å². The third-order valence-corrected chi connectivity index (χ3v) is 1.99. The minimum atomic E-state index is -0.324. The molecule has 0 aliphatic rings. The lowest BCUT2D eigenvalue weighted by molar-refractivity contribution is -0.0914. The normalized spacial score (nSPS) is 10.6. The van der Waals surface area contributed by atoms with Crippen LogP contribution in [0.4, 0.5) is 5.95 Å². The van der Waals surface area contributed by atoms with Gasteiger partial charge in [0.05, 0.1) is 13.7 Å². The first-order chi connectivity index (χ1) is 7.69. The highest BCUT2D eigenvalue weighted by Crippen LogP contribution is 2.11. The monoisotopic (exact) mass is 227 g/mol. The van der Waals surface area contributed by atoms with Crippen LogP contribution < -0.4 is 10.1 Å². The van der Waals surface area contributed by atoms with Crippen LogP contribution in [0.25, 0.3) is 0 Å². The fourth-order valence-corrected chi connectivity index (χ4v) is 1.16. The van der Waals surface area contributed by atoms with Crippen molar-refractivity contribution in [3.63, 3.8) is 0 Å². The molecule has 0 fully saturated rings. The molecule has 0 amide bonds. The van der Waals surface area contributed by atoms with E-state index in [0.29, 0.717) is 18.4 Å². The van der Waals surface area contributed by atoms with Gasteiger partial charge >= 0.3 is 0 Å². The van der Waals surface area contributed by atoms with Gasteiger partial charge in [-0.25, -0.2) is 4.98 Å². The molecular weight excluding hydrogens is 210 g/mol. The molecule has 0 saturated heterocycles. The Hall–Kier alpha value is -1.40. The van der Waals surface area contributed by atoms with E-state index in [1.807, 2.05) is 6.92 Å². The summed E-state index contributed by atoms with van der Waals surface area (Å²) in [6.07, 6.45) is -0.324. The first-order valence-corrected chi connectivity index (χ1v) is 4.88. The fourth-order valence-electron chi connectivity index (χ4n) is 1.16. The van der Waals surface area contributed by atoms with Gasteiger partial charge in [-0.1, -0.05) is 0 Å². The van der Waals surface area contributed by atoms with Gasteiger partial charge in [-0.05, 0) is 6.92 Å². The lowest BCUT2D eigenvalue weighted by atomic mass is 10.4. The summed E-state index contributed by atoms with van der Waals surface area (Å²) in [5, 5.41) is 3.01. The minimum absolute atomic E-state index is 0.324. The van der Waals surface area contributed by atoms with E-state index in [0.717, 1.165) is 5.69 Å². The Balaban J connectivity index is 2.62. The summed E-state index contributed by atoms with van der Waals surface area (Å²) in [6.45, 7) is 2.35. The highest BCUT2D eigenvalue weighted by Gasteiger charge is 2.07. The van der Waals surface area contributed by atoms with Gasteiger partial charge in [-0.2, -0.15) is 4.98 Å². The van der Waals surface area contributed by atoms with Gasteiger partial charge in [0.15, 0.2) is 6.29 Å². The second-order valence-electron chi connectivity index (χ2n) is 3.16. The molecule has 0 saturated carbocycles. The maximum atomic E-state index is 5.04. The summed E-state index contributed by atoms with van der Waals surface area (Å²) in [7, 11) is 4.72. The lowest BCUT2D eigenvalue weighted by Gasteiger charge is -2.14. The van der Waals surface area contributed by atoms with Crippen LogP contribution in [-0.4, -0.2) is 44.1 Å². The average Bonchev–Trinajstić information content (AvgIpc) is 2.29. The van der Waals surface area contributed by atoms with E-state index in [4.69, 9.17) is 14.2 Å². The van der Waals surface area contributed by atoms with E-state index < -0.39 is 0 Å². The van der Waals surface area contributed by atoms with E-state index in [-0.39, 0.29) is 6.29 Å². The number of nitrogens with one attached hydrogen (secondary N) is 1. The molecule has 0 atom stereocenters. The maximum Gasteiger partial charge on any atom is 0.226 e. The number of aryl methyl sites for hydroxylation is 1.